The molecular weight excluding hydrogens is 408 g/mol. The number of aromatic nitrogens is 1. The molecule has 30 heavy (non-hydrogen) atoms. The number of benzene rings is 2. The lowest BCUT2D eigenvalue weighted by atomic mass is 10.1. The van der Waals surface area contributed by atoms with Gasteiger partial charge in [0.1, 0.15) is 22.4 Å². The first kappa shape index (κ1) is 20.4. The number of halogens is 2. The Labute approximate surface area is 177 Å². The number of hydrogen-bond donors (Lipinski definition) is 0. The van der Waals surface area contributed by atoms with E-state index in [2.05, 4.69) is 4.90 Å². The van der Waals surface area contributed by atoms with E-state index in [4.69, 9.17) is 9.72 Å². The lowest BCUT2D eigenvalue weighted by molar-refractivity contribution is 0.0622. The van der Waals surface area contributed by atoms with Crippen LogP contribution in [0.1, 0.15) is 16.1 Å². The highest BCUT2D eigenvalue weighted by Crippen LogP contribution is 2.26. The topological polar surface area (TPSA) is 45.7 Å². The fourth-order valence-electron chi connectivity index (χ4n) is 3.42. The molecule has 0 atom stereocenters. The third-order valence-electron chi connectivity index (χ3n) is 5.10. The zero-order valence-corrected chi connectivity index (χ0v) is 17.3. The summed E-state index contributed by atoms with van der Waals surface area (Å²) < 4.78 is 32.2. The molecular formula is C22H21F2N3O2S. The van der Waals surface area contributed by atoms with Gasteiger partial charge in [-0.1, -0.05) is 0 Å². The van der Waals surface area contributed by atoms with Crippen LogP contribution in [0.25, 0.3) is 10.6 Å². The van der Waals surface area contributed by atoms with E-state index in [1.54, 1.807) is 23.3 Å². The van der Waals surface area contributed by atoms with Crippen LogP contribution in [0.5, 0.6) is 5.75 Å². The molecule has 1 aliphatic rings. The molecule has 0 bridgehead atoms. The number of thiazole rings is 1. The molecule has 0 spiro atoms. The van der Waals surface area contributed by atoms with E-state index >= 15 is 0 Å². The molecule has 0 saturated carbocycles. The van der Waals surface area contributed by atoms with Crippen LogP contribution in [-0.4, -0.2) is 54.0 Å². The molecule has 4 rings (SSSR count). The van der Waals surface area contributed by atoms with Gasteiger partial charge in [-0.05, 0) is 36.4 Å². The summed E-state index contributed by atoms with van der Waals surface area (Å²) in [5, 5.41) is 3.00. The average Bonchev–Trinajstić information content (AvgIpc) is 3.22. The van der Waals surface area contributed by atoms with Crippen LogP contribution in [0.15, 0.2) is 47.8 Å². The van der Waals surface area contributed by atoms with Crippen molar-refractivity contribution in [3.8, 4) is 16.3 Å². The summed E-state index contributed by atoms with van der Waals surface area (Å²) in [6.07, 6.45) is 0. The number of rotatable bonds is 5. The summed E-state index contributed by atoms with van der Waals surface area (Å²) in [5.41, 5.74) is 1.94. The molecule has 1 aromatic heterocycles. The van der Waals surface area contributed by atoms with Crippen molar-refractivity contribution in [2.75, 3.05) is 33.3 Å². The summed E-state index contributed by atoms with van der Waals surface area (Å²) in [6.45, 7) is 3.02. The summed E-state index contributed by atoms with van der Waals surface area (Å²) in [7, 11) is 1.64. The van der Waals surface area contributed by atoms with Crippen molar-refractivity contribution >= 4 is 17.2 Å². The normalized spacial score (nSPS) is 14.7. The first-order chi connectivity index (χ1) is 14.5. The van der Waals surface area contributed by atoms with Crippen molar-refractivity contribution in [2.24, 2.45) is 0 Å². The molecule has 5 nitrogen and oxygen atoms in total. The van der Waals surface area contributed by atoms with Gasteiger partial charge in [-0.25, -0.2) is 13.8 Å². The number of ether oxygens (including phenoxy) is 1. The fourth-order valence-corrected chi connectivity index (χ4v) is 4.23. The lowest BCUT2D eigenvalue weighted by Gasteiger charge is -2.34. The number of methoxy groups -OCH3 is 1. The minimum atomic E-state index is -0.823. The monoisotopic (exact) mass is 429 g/mol. The van der Waals surface area contributed by atoms with Crippen LogP contribution < -0.4 is 4.74 Å². The van der Waals surface area contributed by atoms with Crippen LogP contribution in [0.4, 0.5) is 8.78 Å². The van der Waals surface area contributed by atoms with E-state index in [1.807, 2.05) is 29.6 Å². The molecule has 2 heterocycles. The minimum Gasteiger partial charge on any atom is -0.497 e. The molecule has 1 fully saturated rings. The number of piperazine rings is 1. The maximum Gasteiger partial charge on any atom is 0.256 e. The Morgan fingerprint density at radius 3 is 2.50 bits per heavy atom. The van der Waals surface area contributed by atoms with E-state index in [9.17, 15) is 13.6 Å². The summed E-state index contributed by atoms with van der Waals surface area (Å²) in [6, 6.07) is 10.9. The standard InChI is InChI=1S/C22H21F2N3O2S/c1-29-18-5-2-15(3-6-18)21-25-17(14-30-21)13-26-8-10-27(11-9-26)22(28)19-7-4-16(23)12-20(19)24/h2-7,12,14H,8-11,13H2,1H3. The molecule has 2 aromatic carbocycles. The smallest absolute Gasteiger partial charge is 0.256 e. The van der Waals surface area contributed by atoms with Crippen molar-refractivity contribution < 1.29 is 18.3 Å². The Morgan fingerprint density at radius 2 is 1.83 bits per heavy atom. The van der Waals surface area contributed by atoms with Gasteiger partial charge in [-0.2, -0.15) is 0 Å². The highest BCUT2D eigenvalue weighted by atomic mass is 32.1. The number of carbonyl (C=O) groups excluding carboxylic acids is 1. The highest BCUT2D eigenvalue weighted by molar-refractivity contribution is 7.13. The van der Waals surface area contributed by atoms with Crippen LogP contribution in [-0.2, 0) is 6.54 Å². The van der Waals surface area contributed by atoms with Gasteiger partial charge in [0.2, 0.25) is 0 Å². The van der Waals surface area contributed by atoms with Crippen LogP contribution in [0, 0.1) is 11.6 Å². The predicted octanol–water partition coefficient (Wildman–Crippen LogP) is 4.05. The van der Waals surface area contributed by atoms with Gasteiger partial charge in [0.05, 0.1) is 18.4 Å². The van der Waals surface area contributed by atoms with Crippen molar-refractivity contribution in [1.29, 1.82) is 0 Å². The minimum absolute atomic E-state index is 0.0894. The fraction of sp³-hybridized carbons (Fsp3) is 0.273. The Kier molecular flexibility index (Phi) is 6.06. The highest BCUT2D eigenvalue weighted by Gasteiger charge is 2.24. The number of hydrogen-bond acceptors (Lipinski definition) is 5. The number of amides is 1. The first-order valence-corrected chi connectivity index (χ1v) is 10.5. The van der Waals surface area contributed by atoms with Crippen molar-refractivity contribution in [3.63, 3.8) is 0 Å². The van der Waals surface area contributed by atoms with Gasteiger partial charge in [-0.15, -0.1) is 11.3 Å². The SMILES string of the molecule is COc1ccc(-c2nc(CN3CCN(C(=O)c4ccc(F)cc4F)CC3)cs2)cc1. The predicted molar refractivity (Wildman–Crippen MR) is 112 cm³/mol. The molecule has 1 aliphatic heterocycles. The second-order valence-electron chi connectivity index (χ2n) is 7.07. The van der Waals surface area contributed by atoms with E-state index in [-0.39, 0.29) is 5.56 Å². The zero-order valence-electron chi connectivity index (χ0n) is 16.5. The third kappa shape index (κ3) is 4.49. The maximum atomic E-state index is 13.9. The average molecular weight is 429 g/mol. The molecule has 3 aromatic rings. The second kappa shape index (κ2) is 8.89. The van der Waals surface area contributed by atoms with Gasteiger partial charge in [0.15, 0.2) is 0 Å². The second-order valence-corrected chi connectivity index (χ2v) is 7.92. The summed E-state index contributed by atoms with van der Waals surface area (Å²) in [4.78, 5) is 21.1. The Balaban J connectivity index is 1.33. The zero-order chi connectivity index (χ0) is 21.1. The van der Waals surface area contributed by atoms with E-state index in [1.165, 1.54) is 6.07 Å². The quantitative estimate of drug-likeness (QED) is 0.614. The lowest BCUT2D eigenvalue weighted by Crippen LogP contribution is -2.48. The van der Waals surface area contributed by atoms with Gasteiger partial charge >= 0.3 is 0 Å². The molecule has 0 radical (unpaired) electrons. The number of nitrogens with zero attached hydrogens (tertiary/aromatic N) is 3. The third-order valence-corrected chi connectivity index (χ3v) is 6.04. The number of carbonyl (C=O) groups is 1. The first-order valence-electron chi connectivity index (χ1n) is 9.59. The molecule has 156 valence electrons. The van der Waals surface area contributed by atoms with E-state index in [0.29, 0.717) is 32.7 Å². The van der Waals surface area contributed by atoms with Crippen LogP contribution >= 0.6 is 11.3 Å². The largest absolute Gasteiger partial charge is 0.497 e. The van der Waals surface area contributed by atoms with Gasteiger partial charge < -0.3 is 9.64 Å². The molecule has 8 heteroatoms. The molecule has 0 N–H and O–H groups in total. The molecule has 1 saturated heterocycles. The van der Waals surface area contributed by atoms with Gasteiger partial charge in [0, 0.05) is 49.7 Å². The van der Waals surface area contributed by atoms with E-state index < -0.39 is 17.5 Å². The van der Waals surface area contributed by atoms with Crippen molar-refractivity contribution in [1.82, 2.24) is 14.8 Å². The summed E-state index contributed by atoms with van der Waals surface area (Å²) >= 11 is 1.59. The Morgan fingerprint density at radius 1 is 1.10 bits per heavy atom. The van der Waals surface area contributed by atoms with Crippen molar-refractivity contribution in [2.45, 2.75) is 6.54 Å². The molecule has 1 amide bonds. The Bertz CT molecular complexity index is 1030. The molecule has 0 unspecified atom stereocenters. The maximum absolute atomic E-state index is 13.9. The Hall–Kier alpha value is -2.84. The summed E-state index contributed by atoms with van der Waals surface area (Å²) in [5.74, 6) is -1.10. The van der Waals surface area contributed by atoms with Gasteiger partial charge in [0.25, 0.3) is 5.91 Å². The van der Waals surface area contributed by atoms with Crippen LogP contribution in [0.3, 0.4) is 0 Å². The molecule has 0 aliphatic carbocycles. The van der Waals surface area contributed by atoms with E-state index in [0.717, 1.165) is 34.1 Å². The van der Waals surface area contributed by atoms with Crippen molar-refractivity contribution in [3.05, 3.63) is 70.7 Å². The van der Waals surface area contributed by atoms with Gasteiger partial charge in [-0.3, -0.25) is 9.69 Å². The van der Waals surface area contributed by atoms with Crippen LogP contribution in [0.2, 0.25) is 0 Å².